The summed E-state index contributed by atoms with van der Waals surface area (Å²) in [4.78, 5) is 25.5. The molecular formula is C20H22BrNO4. The number of carbonyl (C=O) groups excluding carboxylic acids is 2. The maximum absolute atomic E-state index is 12.7. The van der Waals surface area contributed by atoms with Crippen LogP contribution in [-0.2, 0) is 16.1 Å². The van der Waals surface area contributed by atoms with Gasteiger partial charge in [0.05, 0.1) is 12.7 Å². The minimum absolute atomic E-state index is 0.139. The summed E-state index contributed by atoms with van der Waals surface area (Å²) in [6.07, 6.45) is 0.838. The van der Waals surface area contributed by atoms with Crippen LogP contribution in [0.4, 0.5) is 0 Å². The lowest BCUT2D eigenvalue weighted by Gasteiger charge is -2.19. The summed E-state index contributed by atoms with van der Waals surface area (Å²) in [5, 5.41) is 0. The molecular weight excluding hydrogens is 398 g/mol. The van der Waals surface area contributed by atoms with Gasteiger partial charge in [-0.15, -0.1) is 0 Å². The van der Waals surface area contributed by atoms with Crippen molar-refractivity contribution in [2.24, 2.45) is 0 Å². The zero-order chi connectivity index (χ0) is 18.9. The molecule has 0 aliphatic carbocycles. The first kappa shape index (κ1) is 20.0. The molecule has 1 amide bonds. The zero-order valence-electron chi connectivity index (χ0n) is 14.9. The predicted octanol–water partition coefficient (Wildman–Crippen LogP) is 4.05. The first-order valence-electron chi connectivity index (χ1n) is 8.30. The van der Waals surface area contributed by atoms with Gasteiger partial charge in [-0.05, 0) is 36.2 Å². The fourth-order valence-corrected chi connectivity index (χ4v) is 2.87. The second kappa shape index (κ2) is 9.97. The molecule has 0 bridgehead atoms. The van der Waals surface area contributed by atoms with Crippen LogP contribution in [0.5, 0.6) is 5.75 Å². The number of halogens is 1. The van der Waals surface area contributed by atoms with Crippen LogP contribution < -0.4 is 4.74 Å². The lowest BCUT2D eigenvalue weighted by Crippen LogP contribution is -2.28. The van der Waals surface area contributed by atoms with Gasteiger partial charge < -0.3 is 14.4 Å². The Morgan fingerprint density at radius 1 is 1.12 bits per heavy atom. The number of esters is 1. The van der Waals surface area contributed by atoms with Gasteiger partial charge in [0, 0.05) is 24.5 Å². The summed E-state index contributed by atoms with van der Waals surface area (Å²) in [5.41, 5.74) is 1.51. The van der Waals surface area contributed by atoms with Crippen molar-refractivity contribution in [3.8, 4) is 5.75 Å². The molecule has 0 heterocycles. The van der Waals surface area contributed by atoms with E-state index in [0.29, 0.717) is 30.9 Å². The largest absolute Gasteiger partial charge is 0.488 e. The number of ether oxygens (including phenoxy) is 2. The summed E-state index contributed by atoms with van der Waals surface area (Å²) in [7, 11) is 3.07. The molecule has 0 aliphatic heterocycles. The summed E-state index contributed by atoms with van der Waals surface area (Å²) >= 11 is 3.44. The van der Waals surface area contributed by atoms with E-state index in [0.717, 1.165) is 10.0 Å². The van der Waals surface area contributed by atoms with Crippen LogP contribution in [0.2, 0.25) is 0 Å². The fourth-order valence-electron chi connectivity index (χ4n) is 2.43. The highest BCUT2D eigenvalue weighted by molar-refractivity contribution is 9.10. The van der Waals surface area contributed by atoms with Gasteiger partial charge in [-0.1, -0.05) is 40.2 Å². The van der Waals surface area contributed by atoms with Gasteiger partial charge in [-0.25, -0.2) is 0 Å². The van der Waals surface area contributed by atoms with Crippen molar-refractivity contribution in [3.05, 3.63) is 64.1 Å². The molecule has 6 heteroatoms. The minimum Gasteiger partial charge on any atom is -0.488 e. The Morgan fingerprint density at radius 3 is 2.62 bits per heavy atom. The third-order valence-corrected chi connectivity index (χ3v) is 4.34. The first-order chi connectivity index (χ1) is 12.5. The van der Waals surface area contributed by atoms with E-state index >= 15 is 0 Å². The van der Waals surface area contributed by atoms with Gasteiger partial charge >= 0.3 is 5.97 Å². The fraction of sp³-hybridized carbons (Fsp3) is 0.300. The molecule has 0 radical (unpaired) electrons. The predicted molar refractivity (Wildman–Crippen MR) is 103 cm³/mol. The topological polar surface area (TPSA) is 55.8 Å². The summed E-state index contributed by atoms with van der Waals surface area (Å²) in [6, 6.07) is 15.0. The molecule has 2 aromatic carbocycles. The molecule has 2 rings (SSSR count). The highest BCUT2D eigenvalue weighted by atomic mass is 79.9. The molecule has 26 heavy (non-hydrogen) atoms. The number of nitrogens with zero attached hydrogens (tertiary/aromatic N) is 1. The highest BCUT2D eigenvalue weighted by Gasteiger charge is 2.17. The smallest absolute Gasteiger partial charge is 0.305 e. The standard InChI is InChI=1S/C20H22BrNO4/c1-22(12-6-11-19(23)25-2)20(24)17-9-3-4-10-18(17)26-14-15-7-5-8-16(21)13-15/h3-5,7-10,13H,6,11-12,14H2,1-2H3. The van der Waals surface area contributed by atoms with E-state index in [1.165, 1.54) is 7.11 Å². The Kier molecular flexibility index (Phi) is 7.66. The Labute approximate surface area is 162 Å². The van der Waals surface area contributed by atoms with Crippen molar-refractivity contribution in [3.63, 3.8) is 0 Å². The third-order valence-electron chi connectivity index (χ3n) is 3.85. The Bertz CT molecular complexity index is 763. The van der Waals surface area contributed by atoms with E-state index in [1.807, 2.05) is 36.4 Å². The molecule has 2 aromatic rings. The van der Waals surface area contributed by atoms with E-state index in [4.69, 9.17) is 4.74 Å². The normalized spacial score (nSPS) is 10.3. The molecule has 0 spiro atoms. The minimum atomic E-state index is -0.274. The molecule has 0 N–H and O–H groups in total. The van der Waals surface area contributed by atoms with E-state index in [2.05, 4.69) is 20.7 Å². The third kappa shape index (κ3) is 5.88. The van der Waals surface area contributed by atoms with Gasteiger partial charge in [-0.2, -0.15) is 0 Å². The second-order valence-corrected chi connectivity index (χ2v) is 6.74. The molecule has 0 aromatic heterocycles. The highest BCUT2D eigenvalue weighted by Crippen LogP contribution is 2.22. The number of benzene rings is 2. The number of hydrogen-bond donors (Lipinski definition) is 0. The van der Waals surface area contributed by atoms with E-state index in [9.17, 15) is 9.59 Å². The summed E-state index contributed by atoms with van der Waals surface area (Å²) in [5.74, 6) is 0.126. The number of rotatable bonds is 8. The van der Waals surface area contributed by atoms with E-state index < -0.39 is 0 Å². The Morgan fingerprint density at radius 2 is 1.88 bits per heavy atom. The quantitative estimate of drug-likeness (QED) is 0.605. The molecule has 0 fully saturated rings. The van der Waals surface area contributed by atoms with Crippen LogP contribution >= 0.6 is 15.9 Å². The maximum atomic E-state index is 12.7. The molecule has 0 atom stereocenters. The molecule has 5 nitrogen and oxygen atoms in total. The van der Waals surface area contributed by atoms with Gasteiger partial charge in [0.1, 0.15) is 12.4 Å². The Hall–Kier alpha value is -2.34. The van der Waals surface area contributed by atoms with Gasteiger partial charge in [-0.3, -0.25) is 9.59 Å². The van der Waals surface area contributed by atoms with E-state index in [1.54, 1.807) is 24.1 Å². The molecule has 138 valence electrons. The zero-order valence-corrected chi connectivity index (χ0v) is 16.5. The molecule has 0 unspecified atom stereocenters. The van der Waals surface area contributed by atoms with Crippen molar-refractivity contribution in [2.75, 3.05) is 20.7 Å². The van der Waals surface area contributed by atoms with Crippen LogP contribution in [0.1, 0.15) is 28.8 Å². The van der Waals surface area contributed by atoms with Gasteiger partial charge in [0.15, 0.2) is 0 Å². The summed E-state index contributed by atoms with van der Waals surface area (Å²) < 4.78 is 11.5. The molecule has 0 saturated heterocycles. The van der Waals surface area contributed by atoms with Crippen molar-refractivity contribution in [1.29, 1.82) is 0 Å². The number of para-hydroxylation sites is 1. The number of hydrogen-bond acceptors (Lipinski definition) is 4. The number of amides is 1. The molecule has 0 saturated carbocycles. The lowest BCUT2D eigenvalue weighted by molar-refractivity contribution is -0.140. The maximum Gasteiger partial charge on any atom is 0.305 e. The van der Waals surface area contributed by atoms with Crippen LogP contribution in [0.15, 0.2) is 53.0 Å². The monoisotopic (exact) mass is 419 g/mol. The second-order valence-electron chi connectivity index (χ2n) is 5.82. The van der Waals surface area contributed by atoms with E-state index in [-0.39, 0.29) is 18.3 Å². The van der Waals surface area contributed by atoms with Crippen molar-refractivity contribution < 1.29 is 19.1 Å². The van der Waals surface area contributed by atoms with Crippen molar-refractivity contribution in [2.45, 2.75) is 19.4 Å². The van der Waals surface area contributed by atoms with Crippen LogP contribution in [-0.4, -0.2) is 37.5 Å². The average Bonchev–Trinajstić information content (AvgIpc) is 2.65. The first-order valence-corrected chi connectivity index (χ1v) is 9.09. The lowest BCUT2D eigenvalue weighted by atomic mass is 10.1. The Balaban J connectivity index is 2.00. The van der Waals surface area contributed by atoms with Crippen LogP contribution in [0, 0.1) is 0 Å². The average molecular weight is 420 g/mol. The van der Waals surface area contributed by atoms with Crippen molar-refractivity contribution in [1.82, 2.24) is 4.90 Å². The van der Waals surface area contributed by atoms with Crippen molar-refractivity contribution >= 4 is 27.8 Å². The number of methoxy groups -OCH3 is 1. The molecule has 0 aliphatic rings. The summed E-state index contributed by atoms with van der Waals surface area (Å²) in [6.45, 7) is 0.837. The van der Waals surface area contributed by atoms with Gasteiger partial charge in [0.25, 0.3) is 5.91 Å². The number of carbonyl (C=O) groups is 2. The SMILES string of the molecule is COC(=O)CCCN(C)C(=O)c1ccccc1OCc1cccc(Br)c1. The van der Waals surface area contributed by atoms with Crippen LogP contribution in [0.25, 0.3) is 0 Å². The van der Waals surface area contributed by atoms with Crippen LogP contribution in [0.3, 0.4) is 0 Å². The van der Waals surface area contributed by atoms with Gasteiger partial charge in [0.2, 0.25) is 0 Å².